The van der Waals surface area contributed by atoms with E-state index < -0.39 is 12.0 Å². The lowest BCUT2D eigenvalue weighted by molar-refractivity contribution is -0.137. The molecule has 4 nitrogen and oxygen atoms in total. The molecule has 1 amide bonds. The summed E-state index contributed by atoms with van der Waals surface area (Å²) in [7, 11) is 0. The van der Waals surface area contributed by atoms with Crippen LogP contribution in [0.1, 0.15) is 30.1 Å². The minimum Gasteiger partial charge on any atom is -0.481 e. The Labute approximate surface area is 121 Å². The Morgan fingerprint density at radius 1 is 1.19 bits per heavy atom. The van der Waals surface area contributed by atoms with Crippen molar-refractivity contribution < 1.29 is 19.1 Å². The minimum atomic E-state index is -0.967. The molecular weight excluding hydrogens is 273 g/mol. The number of halogens is 1. The topological polar surface area (TPSA) is 66.4 Å². The van der Waals surface area contributed by atoms with Crippen LogP contribution in [0.3, 0.4) is 0 Å². The van der Waals surface area contributed by atoms with E-state index in [-0.39, 0.29) is 18.1 Å². The molecule has 0 saturated heterocycles. The Hall–Kier alpha value is -2.43. The molecule has 0 spiro atoms. The Morgan fingerprint density at radius 2 is 1.86 bits per heavy atom. The van der Waals surface area contributed by atoms with Crippen LogP contribution in [0.5, 0.6) is 0 Å². The second-order valence-corrected chi connectivity index (χ2v) is 4.82. The third kappa shape index (κ3) is 3.37. The number of carboxylic acid groups (broad SMARTS) is 1. The first-order chi connectivity index (χ1) is 10.0. The maximum Gasteiger partial charge on any atom is 0.305 e. The number of rotatable bonds is 5. The predicted octanol–water partition coefficient (Wildman–Crippen LogP) is 2.96. The van der Waals surface area contributed by atoms with Crippen molar-refractivity contribution in [3.63, 3.8) is 0 Å². The largest absolute Gasteiger partial charge is 0.481 e. The maximum absolute atomic E-state index is 13.7. The van der Waals surface area contributed by atoms with Gasteiger partial charge in [-0.05, 0) is 23.9 Å². The number of nitrogens with one attached hydrogen (secondary N) is 1. The lowest BCUT2D eigenvalue weighted by atomic mass is 10.0. The molecule has 1 unspecified atom stereocenters. The molecule has 1 atom stereocenters. The van der Waals surface area contributed by atoms with Crippen molar-refractivity contribution in [2.75, 3.05) is 0 Å². The second-order valence-electron chi connectivity index (χ2n) is 4.82. The fourth-order valence-electron chi connectivity index (χ4n) is 2.23. The van der Waals surface area contributed by atoms with Crippen LogP contribution >= 0.6 is 0 Å². The van der Waals surface area contributed by atoms with E-state index >= 15 is 0 Å². The van der Waals surface area contributed by atoms with Crippen LogP contribution in [0.15, 0.2) is 36.4 Å². The number of carboxylic acids is 1. The molecule has 0 aliphatic heterocycles. The normalized spacial score (nSPS) is 12.1. The van der Waals surface area contributed by atoms with Crippen molar-refractivity contribution >= 4 is 22.6 Å². The van der Waals surface area contributed by atoms with Crippen molar-refractivity contribution in [2.45, 2.75) is 25.8 Å². The van der Waals surface area contributed by atoms with Gasteiger partial charge < -0.3 is 10.4 Å². The van der Waals surface area contributed by atoms with Gasteiger partial charge in [0.2, 0.25) is 0 Å². The van der Waals surface area contributed by atoms with Crippen molar-refractivity contribution in [3.8, 4) is 0 Å². The molecule has 21 heavy (non-hydrogen) atoms. The average molecular weight is 289 g/mol. The summed E-state index contributed by atoms with van der Waals surface area (Å²) in [5.41, 5.74) is 0.343. The fourth-order valence-corrected chi connectivity index (χ4v) is 2.23. The summed E-state index contributed by atoms with van der Waals surface area (Å²) in [6.07, 6.45) is 0.374. The Bertz CT molecular complexity index is 684. The molecule has 2 aromatic carbocycles. The summed E-state index contributed by atoms with van der Waals surface area (Å²) >= 11 is 0. The minimum absolute atomic E-state index is 0.138. The number of amides is 1. The summed E-state index contributed by atoms with van der Waals surface area (Å²) < 4.78 is 13.7. The van der Waals surface area contributed by atoms with Crippen molar-refractivity contribution in [1.29, 1.82) is 0 Å². The zero-order chi connectivity index (χ0) is 15.4. The van der Waals surface area contributed by atoms with Gasteiger partial charge in [0.15, 0.2) is 0 Å². The van der Waals surface area contributed by atoms with E-state index in [1.807, 2.05) is 0 Å². The third-order valence-corrected chi connectivity index (χ3v) is 3.36. The molecule has 2 aromatic rings. The summed E-state index contributed by atoms with van der Waals surface area (Å²) in [5.74, 6) is -1.75. The number of fused-ring (bicyclic) bond motifs is 1. The van der Waals surface area contributed by atoms with Crippen LogP contribution in [-0.2, 0) is 4.79 Å². The molecule has 110 valence electrons. The van der Waals surface area contributed by atoms with Gasteiger partial charge in [-0.1, -0.05) is 31.2 Å². The highest BCUT2D eigenvalue weighted by atomic mass is 19.1. The summed E-state index contributed by atoms with van der Waals surface area (Å²) in [4.78, 5) is 23.0. The van der Waals surface area contributed by atoms with E-state index in [0.29, 0.717) is 22.8 Å². The van der Waals surface area contributed by atoms with Crippen molar-refractivity contribution in [1.82, 2.24) is 5.32 Å². The van der Waals surface area contributed by atoms with Crippen molar-refractivity contribution in [3.05, 3.63) is 47.8 Å². The van der Waals surface area contributed by atoms with E-state index in [1.165, 1.54) is 12.1 Å². The van der Waals surface area contributed by atoms with Crippen LogP contribution in [-0.4, -0.2) is 23.0 Å². The first kappa shape index (κ1) is 15.0. The SMILES string of the molecule is CCC(CC(=O)O)NC(=O)c1ccc(F)c2ccccc12. The standard InChI is InChI=1S/C16H16FNO3/c1-2-10(9-15(19)20)18-16(21)13-7-8-14(17)12-6-4-3-5-11(12)13/h3-8,10H,2,9H2,1H3,(H,18,21)(H,19,20). The summed E-state index contributed by atoms with van der Waals surface area (Å²) in [5, 5.41) is 12.4. The summed E-state index contributed by atoms with van der Waals surface area (Å²) in [6, 6.07) is 8.93. The number of carbonyl (C=O) groups excluding carboxylic acids is 1. The smallest absolute Gasteiger partial charge is 0.305 e. The number of hydrogen-bond donors (Lipinski definition) is 2. The van der Waals surface area contributed by atoms with Gasteiger partial charge >= 0.3 is 5.97 Å². The fraction of sp³-hybridized carbons (Fsp3) is 0.250. The Morgan fingerprint density at radius 3 is 2.48 bits per heavy atom. The highest BCUT2D eigenvalue weighted by Crippen LogP contribution is 2.22. The number of aliphatic carboxylic acids is 1. The van der Waals surface area contributed by atoms with Crippen LogP contribution in [0.2, 0.25) is 0 Å². The van der Waals surface area contributed by atoms with E-state index in [0.717, 1.165) is 0 Å². The molecule has 0 aliphatic carbocycles. The molecule has 0 fully saturated rings. The first-order valence-electron chi connectivity index (χ1n) is 6.72. The molecule has 0 radical (unpaired) electrons. The van der Waals surface area contributed by atoms with Gasteiger partial charge in [0.1, 0.15) is 5.82 Å². The van der Waals surface area contributed by atoms with E-state index in [2.05, 4.69) is 5.32 Å². The molecule has 5 heteroatoms. The van der Waals surface area contributed by atoms with Gasteiger partial charge in [-0.15, -0.1) is 0 Å². The van der Waals surface area contributed by atoms with Gasteiger partial charge in [-0.3, -0.25) is 9.59 Å². The molecule has 0 saturated carbocycles. The zero-order valence-corrected chi connectivity index (χ0v) is 11.6. The molecule has 0 heterocycles. The van der Waals surface area contributed by atoms with E-state index in [9.17, 15) is 14.0 Å². The lowest BCUT2D eigenvalue weighted by Crippen LogP contribution is -2.36. The van der Waals surface area contributed by atoms with E-state index in [4.69, 9.17) is 5.11 Å². The van der Waals surface area contributed by atoms with Gasteiger partial charge in [-0.25, -0.2) is 4.39 Å². The number of carbonyl (C=O) groups is 2. The third-order valence-electron chi connectivity index (χ3n) is 3.36. The van der Waals surface area contributed by atoms with Gasteiger partial charge in [-0.2, -0.15) is 0 Å². The van der Waals surface area contributed by atoms with Crippen LogP contribution in [0.25, 0.3) is 10.8 Å². The zero-order valence-electron chi connectivity index (χ0n) is 11.6. The monoisotopic (exact) mass is 289 g/mol. The Balaban J connectivity index is 2.31. The van der Waals surface area contributed by atoms with E-state index in [1.54, 1.807) is 31.2 Å². The molecule has 2 N–H and O–H groups in total. The highest BCUT2D eigenvalue weighted by molar-refractivity contribution is 6.07. The maximum atomic E-state index is 13.7. The van der Waals surface area contributed by atoms with Gasteiger partial charge in [0, 0.05) is 17.0 Å². The Kier molecular flexibility index (Phi) is 4.52. The quantitative estimate of drug-likeness (QED) is 0.889. The van der Waals surface area contributed by atoms with Crippen molar-refractivity contribution in [2.24, 2.45) is 0 Å². The second kappa shape index (κ2) is 6.35. The molecule has 0 aliphatic rings. The molecule has 0 aromatic heterocycles. The lowest BCUT2D eigenvalue weighted by Gasteiger charge is -2.15. The highest BCUT2D eigenvalue weighted by Gasteiger charge is 2.17. The predicted molar refractivity (Wildman–Crippen MR) is 77.7 cm³/mol. The van der Waals surface area contributed by atoms with Gasteiger partial charge in [0.05, 0.1) is 6.42 Å². The number of hydrogen-bond acceptors (Lipinski definition) is 2. The molecule has 2 rings (SSSR count). The van der Waals surface area contributed by atoms with Crippen LogP contribution < -0.4 is 5.32 Å². The van der Waals surface area contributed by atoms with Crippen LogP contribution in [0, 0.1) is 5.82 Å². The molecule has 0 bridgehead atoms. The first-order valence-corrected chi connectivity index (χ1v) is 6.72. The summed E-state index contributed by atoms with van der Waals surface area (Å²) in [6.45, 7) is 1.80. The van der Waals surface area contributed by atoms with Gasteiger partial charge in [0.25, 0.3) is 5.91 Å². The van der Waals surface area contributed by atoms with Crippen LogP contribution in [0.4, 0.5) is 4.39 Å². The average Bonchev–Trinajstić information content (AvgIpc) is 2.46. The number of benzene rings is 2. The molecular formula is C16H16FNO3.